The van der Waals surface area contributed by atoms with Crippen LogP contribution in [0.15, 0.2) is 85.0 Å². The second-order valence-corrected chi connectivity index (χ2v) is 12.1. The third-order valence-electron chi connectivity index (χ3n) is 8.03. The Kier molecular flexibility index (Phi) is 14.2. The molecule has 1 aliphatic rings. The van der Waals surface area contributed by atoms with Crippen LogP contribution >= 0.6 is 0 Å². The fourth-order valence-electron chi connectivity index (χ4n) is 5.19. The van der Waals surface area contributed by atoms with Crippen LogP contribution in [0, 0.1) is 12.8 Å². The lowest BCUT2D eigenvalue weighted by atomic mass is 10.1. The molecule has 4 rings (SSSR count). The van der Waals surface area contributed by atoms with Crippen molar-refractivity contribution in [3.8, 4) is 17.2 Å². The minimum Gasteiger partial charge on any atom is -0.494 e. The minimum absolute atomic E-state index is 0.283. The van der Waals surface area contributed by atoms with Crippen LogP contribution in [0.3, 0.4) is 0 Å². The van der Waals surface area contributed by atoms with Crippen LogP contribution in [-0.4, -0.2) is 43.7 Å². The molecule has 49 heavy (non-hydrogen) atoms. The molecule has 0 aliphatic heterocycles. The number of aryl methyl sites for hydroxylation is 1. The Morgan fingerprint density at radius 1 is 0.755 bits per heavy atom. The van der Waals surface area contributed by atoms with E-state index in [-0.39, 0.29) is 17.7 Å². The van der Waals surface area contributed by atoms with Crippen LogP contribution in [0.5, 0.6) is 17.2 Å². The topological polar surface area (TPSA) is 114 Å². The summed E-state index contributed by atoms with van der Waals surface area (Å²) < 4.78 is 27.2. The van der Waals surface area contributed by atoms with Gasteiger partial charge in [0.2, 0.25) is 0 Å². The number of ether oxygens (including phenoxy) is 5. The maximum absolute atomic E-state index is 12.8. The van der Waals surface area contributed by atoms with Crippen LogP contribution < -0.4 is 14.2 Å². The molecule has 3 aromatic carbocycles. The predicted octanol–water partition coefficient (Wildman–Crippen LogP) is 8.24. The fraction of sp³-hybridized carbons (Fsp3) is 0.350. The number of hydrogen-bond donors (Lipinski definition) is 0. The first-order valence-corrected chi connectivity index (χ1v) is 16.7. The van der Waals surface area contributed by atoms with Gasteiger partial charge in [-0.3, -0.25) is 0 Å². The molecule has 0 atom stereocenters. The van der Waals surface area contributed by atoms with E-state index < -0.39 is 11.9 Å². The first kappa shape index (κ1) is 36.7. The van der Waals surface area contributed by atoms with Gasteiger partial charge in [0, 0.05) is 11.6 Å². The maximum atomic E-state index is 12.8. The van der Waals surface area contributed by atoms with E-state index in [0.717, 1.165) is 49.7 Å². The normalized spacial score (nSPS) is 12.8. The summed E-state index contributed by atoms with van der Waals surface area (Å²) in [6, 6.07) is 18.1. The molecule has 3 aromatic rings. The smallest absolute Gasteiger partial charge is 0.343 e. The van der Waals surface area contributed by atoms with Crippen LogP contribution in [0.25, 0.3) is 6.08 Å². The Labute approximate surface area is 287 Å². The summed E-state index contributed by atoms with van der Waals surface area (Å²) >= 11 is 0. The molecule has 0 radical (unpaired) electrons. The van der Waals surface area contributed by atoms with Gasteiger partial charge in [0.05, 0.1) is 30.9 Å². The minimum atomic E-state index is -0.556. The fourth-order valence-corrected chi connectivity index (χ4v) is 5.19. The lowest BCUT2D eigenvalue weighted by Gasteiger charge is -2.10. The molecular weight excluding hydrogens is 624 g/mol. The Morgan fingerprint density at radius 2 is 1.37 bits per heavy atom. The molecule has 9 nitrogen and oxygen atoms in total. The van der Waals surface area contributed by atoms with Crippen LogP contribution in [-0.2, 0) is 19.1 Å². The number of unbranched alkanes of at least 4 members (excludes halogenated alkanes) is 3. The standard InChI is InChI=1S/C40H44O9/c1-28(2)38(42)46-25-9-5-4-8-24-45-34-18-14-32(15-19-34)39(43)48-35-20-16-33(17-21-35)40(44)49-36-22-12-30(26-29(36)3)13-23-37(41)47-27-31-10-6-7-11-31/h12-23,26,31H,1,4-11,24-25,27H2,2-3H3/b23-13+. The van der Waals surface area contributed by atoms with Crippen LogP contribution in [0.4, 0.5) is 0 Å². The highest BCUT2D eigenvalue weighted by Crippen LogP contribution is 2.25. The van der Waals surface area contributed by atoms with Gasteiger partial charge in [-0.25, -0.2) is 19.2 Å². The zero-order valence-electron chi connectivity index (χ0n) is 28.2. The van der Waals surface area contributed by atoms with Crippen LogP contribution in [0.2, 0.25) is 0 Å². The van der Waals surface area contributed by atoms with E-state index in [9.17, 15) is 19.2 Å². The van der Waals surface area contributed by atoms with Gasteiger partial charge >= 0.3 is 23.9 Å². The van der Waals surface area contributed by atoms with Crippen molar-refractivity contribution in [2.45, 2.75) is 65.2 Å². The highest BCUT2D eigenvalue weighted by atomic mass is 16.5. The molecule has 258 valence electrons. The van der Waals surface area contributed by atoms with Gasteiger partial charge in [0.25, 0.3) is 0 Å². The molecule has 0 amide bonds. The first-order valence-electron chi connectivity index (χ1n) is 16.7. The lowest BCUT2D eigenvalue weighted by Crippen LogP contribution is -2.11. The second kappa shape index (κ2) is 19.0. The zero-order chi connectivity index (χ0) is 35.0. The summed E-state index contributed by atoms with van der Waals surface area (Å²) in [5.74, 6) is -0.0304. The Balaban J connectivity index is 1.16. The largest absolute Gasteiger partial charge is 0.494 e. The van der Waals surface area contributed by atoms with E-state index in [1.807, 2.05) is 13.0 Å². The van der Waals surface area contributed by atoms with Crippen molar-refractivity contribution >= 4 is 30.0 Å². The third-order valence-corrected chi connectivity index (χ3v) is 8.03. The molecule has 1 saturated carbocycles. The highest BCUT2D eigenvalue weighted by molar-refractivity contribution is 5.93. The van der Waals surface area contributed by atoms with Gasteiger partial charge in [-0.2, -0.15) is 0 Å². The molecule has 0 unspecified atom stereocenters. The molecular formula is C40H44O9. The number of carbonyl (C=O) groups excluding carboxylic acids is 4. The van der Waals surface area contributed by atoms with Crippen LogP contribution in [0.1, 0.15) is 90.1 Å². The summed E-state index contributed by atoms with van der Waals surface area (Å²) in [7, 11) is 0. The van der Waals surface area contributed by atoms with E-state index in [2.05, 4.69) is 6.58 Å². The van der Waals surface area contributed by atoms with Gasteiger partial charge in [0.1, 0.15) is 17.2 Å². The van der Waals surface area contributed by atoms with Crippen molar-refractivity contribution in [1.82, 2.24) is 0 Å². The molecule has 9 heteroatoms. The van der Waals surface area contributed by atoms with E-state index in [1.54, 1.807) is 49.4 Å². The van der Waals surface area contributed by atoms with E-state index in [0.29, 0.717) is 53.9 Å². The van der Waals surface area contributed by atoms with Gasteiger partial charge < -0.3 is 23.7 Å². The number of rotatable bonds is 17. The average molecular weight is 669 g/mol. The Morgan fingerprint density at radius 3 is 2.00 bits per heavy atom. The quantitative estimate of drug-likeness (QED) is 0.0607. The number of esters is 4. The van der Waals surface area contributed by atoms with Crippen molar-refractivity contribution < 1.29 is 42.9 Å². The summed E-state index contributed by atoms with van der Waals surface area (Å²) in [5, 5.41) is 0. The van der Waals surface area contributed by atoms with E-state index in [1.165, 1.54) is 43.2 Å². The number of hydrogen-bond acceptors (Lipinski definition) is 9. The van der Waals surface area contributed by atoms with Gasteiger partial charge in [0.15, 0.2) is 0 Å². The number of benzene rings is 3. The van der Waals surface area contributed by atoms with Crippen molar-refractivity contribution in [3.05, 3.63) is 107 Å². The second-order valence-electron chi connectivity index (χ2n) is 12.1. The van der Waals surface area contributed by atoms with Gasteiger partial charge in [-0.15, -0.1) is 0 Å². The SMILES string of the molecule is C=C(C)C(=O)OCCCCCCOc1ccc(C(=O)Oc2ccc(C(=O)Oc3ccc(/C=C/C(=O)OCC4CCCC4)cc3C)cc2)cc1. The van der Waals surface area contributed by atoms with Crippen molar-refractivity contribution in [2.24, 2.45) is 5.92 Å². The molecule has 0 heterocycles. The van der Waals surface area contributed by atoms with Gasteiger partial charge in [-0.05, 0) is 136 Å². The molecule has 0 bridgehead atoms. The monoisotopic (exact) mass is 668 g/mol. The predicted molar refractivity (Wildman–Crippen MR) is 186 cm³/mol. The maximum Gasteiger partial charge on any atom is 0.343 e. The van der Waals surface area contributed by atoms with E-state index >= 15 is 0 Å². The van der Waals surface area contributed by atoms with Crippen molar-refractivity contribution in [3.63, 3.8) is 0 Å². The Bertz CT molecular complexity index is 1610. The lowest BCUT2D eigenvalue weighted by molar-refractivity contribution is -0.139. The third kappa shape index (κ3) is 12.4. The molecule has 0 N–H and O–H groups in total. The summed E-state index contributed by atoms with van der Waals surface area (Å²) in [6.07, 6.45) is 11.2. The summed E-state index contributed by atoms with van der Waals surface area (Å²) in [6.45, 7) is 8.38. The highest BCUT2D eigenvalue weighted by Gasteiger charge is 2.16. The molecule has 0 saturated heterocycles. The van der Waals surface area contributed by atoms with Crippen molar-refractivity contribution in [1.29, 1.82) is 0 Å². The molecule has 0 spiro atoms. The summed E-state index contributed by atoms with van der Waals surface area (Å²) in [4.78, 5) is 48.9. The molecule has 1 aliphatic carbocycles. The molecule has 0 aromatic heterocycles. The van der Waals surface area contributed by atoms with Gasteiger partial charge in [-0.1, -0.05) is 25.5 Å². The van der Waals surface area contributed by atoms with E-state index in [4.69, 9.17) is 23.7 Å². The Hall–Kier alpha value is -5.18. The van der Waals surface area contributed by atoms with Crippen molar-refractivity contribution in [2.75, 3.05) is 19.8 Å². The number of carbonyl (C=O) groups is 4. The first-order chi connectivity index (χ1) is 23.7. The average Bonchev–Trinajstić information content (AvgIpc) is 3.63. The summed E-state index contributed by atoms with van der Waals surface area (Å²) in [5.41, 5.74) is 2.56. The zero-order valence-corrected chi connectivity index (χ0v) is 28.2. The molecule has 1 fully saturated rings.